The summed E-state index contributed by atoms with van der Waals surface area (Å²) >= 11 is 0. The molecule has 0 aliphatic rings. The second-order valence-corrected chi connectivity index (χ2v) is 11.2. The fourth-order valence-corrected chi connectivity index (χ4v) is 6.79. The molecule has 45 heavy (non-hydrogen) atoms. The molecule has 0 saturated carbocycles. The third-order valence-electron chi connectivity index (χ3n) is 8.76. The van der Waals surface area contributed by atoms with Gasteiger partial charge in [-0.05, 0) is 77.8 Å². The second-order valence-electron chi connectivity index (χ2n) is 11.2. The highest BCUT2D eigenvalue weighted by molar-refractivity contribution is 6.11. The van der Waals surface area contributed by atoms with E-state index in [9.17, 15) is 0 Å². The summed E-state index contributed by atoms with van der Waals surface area (Å²) in [6.45, 7) is 0. The third-order valence-corrected chi connectivity index (χ3v) is 8.76. The maximum atomic E-state index is 8.88. The van der Waals surface area contributed by atoms with Gasteiger partial charge in [0.05, 0.1) is 33.0 Å². The lowest BCUT2D eigenvalue weighted by atomic mass is 10.0. The molecule has 0 saturated heterocycles. The van der Waals surface area contributed by atoms with Crippen LogP contribution in [-0.2, 0) is 0 Å². The van der Waals surface area contributed by atoms with E-state index in [0.717, 1.165) is 49.8 Å². The van der Waals surface area contributed by atoms with Crippen LogP contribution >= 0.6 is 0 Å². The summed E-state index contributed by atoms with van der Waals surface area (Å²) in [6.07, 6.45) is 0. The van der Waals surface area contributed by atoms with Gasteiger partial charge in [0.2, 0.25) is 0 Å². The summed E-state index contributed by atoms with van der Waals surface area (Å²) < 4.78 is 79.0. The van der Waals surface area contributed by atoms with E-state index in [1.54, 1.807) is 6.07 Å². The molecule has 0 spiro atoms. The second kappa shape index (κ2) is 9.22. The fraction of sp³-hybridized carbons (Fsp3) is 0. The predicted octanol–water partition coefficient (Wildman–Crippen LogP) is 11.4. The molecular formula is C42H26N2O. The molecule has 0 unspecified atom stereocenters. The van der Waals surface area contributed by atoms with Crippen LogP contribution in [0.15, 0.2) is 162 Å². The SMILES string of the molecule is [2H]c1c([2H])c([2H])c2c(c1[2H])c1c([2H])c([2H])c([2H])c([2H])c1n2-c1cccc(-c2ccc3oc4ccc(-n5c6ccccc6c6ccccc65)cc4c3c2)c1. The Labute approximate surface area is 270 Å². The topological polar surface area (TPSA) is 23.0 Å². The van der Waals surface area contributed by atoms with Gasteiger partial charge in [0.1, 0.15) is 11.2 Å². The average Bonchev–Trinajstić information content (AvgIpc) is 3.85. The first kappa shape index (κ1) is 17.9. The van der Waals surface area contributed by atoms with Crippen LogP contribution < -0.4 is 0 Å². The van der Waals surface area contributed by atoms with Crippen LogP contribution in [0.1, 0.15) is 11.0 Å². The predicted molar refractivity (Wildman–Crippen MR) is 188 cm³/mol. The molecule has 0 amide bonds. The highest BCUT2D eigenvalue weighted by atomic mass is 16.3. The van der Waals surface area contributed by atoms with Crippen LogP contribution in [0.5, 0.6) is 0 Å². The Balaban J connectivity index is 1.19. The lowest BCUT2D eigenvalue weighted by Crippen LogP contribution is -1.94. The van der Waals surface area contributed by atoms with Gasteiger partial charge in [-0.25, -0.2) is 0 Å². The maximum Gasteiger partial charge on any atom is 0.135 e. The Morgan fingerprint density at radius 2 is 0.956 bits per heavy atom. The van der Waals surface area contributed by atoms with Crippen molar-refractivity contribution < 1.29 is 15.4 Å². The highest BCUT2D eigenvalue weighted by Gasteiger charge is 2.16. The Hall–Kier alpha value is -6.06. The molecule has 0 aliphatic carbocycles. The van der Waals surface area contributed by atoms with Crippen LogP contribution in [0.3, 0.4) is 0 Å². The molecule has 3 heterocycles. The van der Waals surface area contributed by atoms with E-state index in [-0.39, 0.29) is 46.0 Å². The number of fused-ring (bicyclic) bond motifs is 9. The van der Waals surface area contributed by atoms with Crippen LogP contribution in [0.2, 0.25) is 0 Å². The van der Waals surface area contributed by atoms with E-state index in [4.69, 9.17) is 15.4 Å². The number of furan rings is 1. The van der Waals surface area contributed by atoms with Crippen LogP contribution in [-0.4, -0.2) is 9.13 Å². The van der Waals surface area contributed by atoms with Gasteiger partial charge in [-0.2, -0.15) is 0 Å². The van der Waals surface area contributed by atoms with E-state index in [0.29, 0.717) is 5.69 Å². The summed E-state index contributed by atoms with van der Waals surface area (Å²) in [7, 11) is 0. The average molecular weight is 583 g/mol. The van der Waals surface area contributed by atoms with Crippen molar-refractivity contribution in [2.24, 2.45) is 0 Å². The van der Waals surface area contributed by atoms with E-state index < -0.39 is 24.2 Å². The first-order valence-electron chi connectivity index (χ1n) is 18.7. The summed E-state index contributed by atoms with van der Waals surface area (Å²) in [5, 5.41) is 4.33. The zero-order chi connectivity index (χ0) is 36.4. The summed E-state index contributed by atoms with van der Waals surface area (Å²) in [5.41, 5.74) is 7.04. The Morgan fingerprint density at radius 3 is 1.67 bits per heavy atom. The standard InChI is InChI=1S/C42H26N2O/c1-5-16-37-31(12-1)32-13-2-6-17-38(32)43(37)29-11-9-10-27(24-29)28-20-22-41-35(25-28)36-26-30(21-23-42(36)45-41)44-39-18-7-3-14-33(39)34-15-4-8-19-40(34)44/h1-26H/i1D,2D,5D,6D,12D,13D,16D,17D. The maximum absolute atomic E-state index is 8.88. The molecule has 0 radical (unpaired) electrons. The molecule has 0 atom stereocenters. The van der Waals surface area contributed by atoms with Crippen molar-refractivity contribution >= 4 is 65.6 Å². The van der Waals surface area contributed by atoms with Crippen molar-refractivity contribution in [2.75, 3.05) is 0 Å². The zero-order valence-corrected chi connectivity index (χ0v) is 23.7. The van der Waals surface area contributed by atoms with Crippen LogP contribution in [0, 0.1) is 0 Å². The lowest BCUT2D eigenvalue weighted by molar-refractivity contribution is 0.669. The summed E-state index contributed by atoms with van der Waals surface area (Å²) in [5.74, 6) is 0. The molecule has 10 aromatic rings. The van der Waals surface area contributed by atoms with E-state index in [1.807, 2.05) is 48.5 Å². The van der Waals surface area contributed by atoms with Crippen molar-refractivity contribution in [1.82, 2.24) is 9.13 Å². The number of para-hydroxylation sites is 4. The lowest BCUT2D eigenvalue weighted by Gasteiger charge is -2.10. The molecule has 3 aromatic heterocycles. The number of hydrogen-bond donors (Lipinski definition) is 0. The monoisotopic (exact) mass is 582 g/mol. The molecule has 210 valence electrons. The van der Waals surface area contributed by atoms with Gasteiger partial charge in [-0.15, -0.1) is 0 Å². The normalized spacial score (nSPS) is 14.5. The Bertz CT molecular complexity index is 3100. The van der Waals surface area contributed by atoms with Crippen molar-refractivity contribution in [2.45, 2.75) is 0 Å². The first-order chi connectivity index (χ1) is 25.6. The molecule has 7 aromatic carbocycles. The number of hydrogen-bond acceptors (Lipinski definition) is 1. The zero-order valence-electron chi connectivity index (χ0n) is 31.7. The summed E-state index contributed by atoms with van der Waals surface area (Å²) in [4.78, 5) is 0. The van der Waals surface area contributed by atoms with Crippen LogP contribution in [0.25, 0.3) is 88.1 Å². The molecular weight excluding hydrogens is 548 g/mol. The van der Waals surface area contributed by atoms with Crippen molar-refractivity contribution in [3.8, 4) is 22.5 Å². The van der Waals surface area contributed by atoms with Gasteiger partial charge in [-0.1, -0.05) is 90.9 Å². The Kier molecular flexibility index (Phi) is 3.67. The number of aromatic nitrogens is 2. The molecule has 0 bridgehead atoms. The smallest absolute Gasteiger partial charge is 0.135 e. The van der Waals surface area contributed by atoms with Gasteiger partial charge in [0.15, 0.2) is 0 Å². The van der Waals surface area contributed by atoms with Gasteiger partial charge in [0.25, 0.3) is 0 Å². The summed E-state index contributed by atoms with van der Waals surface area (Å²) in [6, 6.07) is 33.2. The van der Waals surface area contributed by atoms with Gasteiger partial charge < -0.3 is 13.6 Å². The van der Waals surface area contributed by atoms with Gasteiger partial charge in [0, 0.05) is 43.7 Å². The van der Waals surface area contributed by atoms with Crippen LogP contribution in [0.4, 0.5) is 0 Å². The molecule has 0 fully saturated rings. The minimum Gasteiger partial charge on any atom is -0.456 e. The highest BCUT2D eigenvalue weighted by Crippen LogP contribution is 2.38. The Morgan fingerprint density at radius 1 is 0.400 bits per heavy atom. The molecule has 0 aliphatic heterocycles. The largest absolute Gasteiger partial charge is 0.456 e. The van der Waals surface area contributed by atoms with Crippen molar-refractivity contribution in [3.05, 3.63) is 158 Å². The molecule has 0 N–H and O–H groups in total. The van der Waals surface area contributed by atoms with E-state index in [2.05, 4.69) is 59.2 Å². The number of nitrogens with zero attached hydrogens (tertiary/aromatic N) is 2. The quantitative estimate of drug-likeness (QED) is 0.203. The number of benzene rings is 7. The fourth-order valence-electron chi connectivity index (χ4n) is 6.79. The van der Waals surface area contributed by atoms with Gasteiger partial charge in [-0.3, -0.25) is 0 Å². The minimum atomic E-state index is -0.468. The van der Waals surface area contributed by atoms with E-state index in [1.165, 1.54) is 15.3 Å². The minimum absolute atomic E-state index is 0.0498. The molecule has 10 rings (SSSR count). The molecule has 3 heteroatoms. The van der Waals surface area contributed by atoms with Crippen molar-refractivity contribution in [3.63, 3.8) is 0 Å². The third kappa shape index (κ3) is 3.52. The number of rotatable bonds is 3. The van der Waals surface area contributed by atoms with Gasteiger partial charge >= 0.3 is 0 Å². The van der Waals surface area contributed by atoms with E-state index >= 15 is 0 Å². The molecule has 3 nitrogen and oxygen atoms in total. The van der Waals surface area contributed by atoms with Crippen molar-refractivity contribution in [1.29, 1.82) is 0 Å². The first-order valence-corrected chi connectivity index (χ1v) is 14.7.